The van der Waals surface area contributed by atoms with Crippen LogP contribution in [0.1, 0.15) is 5.56 Å². The molecule has 1 saturated heterocycles. The molecular weight excluding hydrogens is 344 g/mol. The van der Waals surface area contributed by atoms with Crippen LogP contribution in [0, 0.1) is 0 Å². The van der Waals surface area contributed by atoms with Gasteiger partial charge in [0.25, 0.3) is 0 Å². The zero-order valence-electron chi connectivity index (χ0n) is 9.04. The molecule has 1 aliphatic rings. The van der Waals surface area contributed by atoms with Gasteiger partial charge in [-0.1, -0.05) is 0 Å². The van der Waals surface area contributed by atoms with Crippen LogP contribution in [-0.2, 0) is 6.18 Å². The summed E-state index contributed by atoms with van der Waals surface area (Å²) in [6.45, 7) is 3.58. The van der Waals surface area contributed by atoms with Crippen LogP contribution in [0.4, 0.5) is 18.9 Å². The fourth-order valence-corrected chi connectivity index (χ4v) is 2.23. The van der Waals surface area contributed by atoms with Crippen LogP contribution in [-0.4, -0.2) is 29.3 Å². The molecule has 0 N–H and O–H groups in total. The van der Waals surface area contributed by atoms with Gasteiger partial charge in [-0.05, 0) is 24.3 Å². The molecule has 0 saturated carbocycles. The molecule has 0 spiro atoms. The van der Waals surface area contributed by atoms with E-state index in [4.69, 9.17) is 0 Å². The van der Waals surface area contributed by atoms with Gasteiger partial charge < -0.3 is 4.90 Å². The van der Waals surface area contributed by atoms with Crippen molar-refractivity contribution in [2.75, 3.05) is 31.1 Å². The SMILES string of the molecule is FC(F)(F)c1ccc(N2CCN(I)CC2)cc1. The van der Waals surface area contributed by atoms with Crippen molar-refractivity contribution in [2.45, 2.75) is 6.18 Å². The molecule has 17 heavy (non-hydrogen) atoms. The van der Waals surface area contributed by atoms with E-state index >= 15 is 0 Å². The van der Waals surface area contributed by atoms with Gasteiger partial charge in [-0.3, -0.25) is 0 Å². The molecule has 1 heterocycles. The highest BCUT2D eigenvalue weighted by atomic mass is 127. The third-order valence-electron chi connectivity index (χ3n) is 2.78. The first kappa shape index (κ1) is 12.9. The predicted octanol–water partition coefficient (Wildman–Crippen LogP) is 3.18. The summed E-state index contributed by atoms with van der Waals surface area (Å²) in [5.74, 6) is 0. The molecule has 1 aliphatic heterocycles. The van der Waals surface area contributed by atoms with E-state index in [1.165, 1.54) is 0 Å². The second-order valence-corrected chi connectivity index (χ2v) is 5.31. The monoisotopic (exact) mass is 356 g/mol. The second kappa shape index (κ2) is 5.01. The lowest BCUT2D eigenvalue weighted by atomic mass is 10.2. The topological polar surface area (TPSA) is 6.48 Å². The van der Waals surface area contributed by atoms with Gasteiger partial charge in [0.05, 0.1) is 5.56 Å². The van der Waals surface area contributed by atoms with Crippen molar-refractivity contribution < 1.29 is 13.2 Å². The van der Waals surface area contributed by atoms with Crippen LogP contribution in [0.2, 0.25) is 0 Å². The standard InChI is InChI=1S/C11H12F3IN2/c12-11(13,14)9-1-3-10(4-2-9)16-5-7-17(15)8-6-16/h1-4H,5-8H2. The summed E-state index contributed by atoms with van der Waals surface area (Å²) in [6, 6.07) is 5.38. The Morgan fingerprint density at radius 1 is 0.941 bits per heavy atom. The molecule has 1 aromatic rings. The van der Waals surface area contributed by atoms with E-state index in [-0.39, 0.29) is 0 Å². The van der Waals surface area contributed by atoms with Gasteiger partial charge >= 0.3 is 6.18 Å². The number of hydrogen-bond donors (Lipinski definition) is 0. The Balaban J connectivity index is 2.08. The molecule has 0 bridgehead atoms. The lowest BCUT2D eigenvalue weighted by Crippen LogP contribution is -2.42. The fourth-order valence-electron chi connectivity index (χ4n) is 1.80. The maximum Gasteiger partial charge on any atom is 0.416 e. The van der Waals surface area contributed by atoms with Crippen molar-refractivity contribution >= 4 is 28.6 Å². The average molecular weight is 356 g/mol. The van der Waals surface area contributed by atoms with E-state index in [0.29, 0.717) is 0 Å². The van der Waals surface area contributed by atoms with Crippen LogP contribution in [0.3, 0.4) is 0 Å². The smallest absolute Gasteiger partial charge is 0.369 e. The number of anilines is 1. The van der Waals surface area contributed by atoms with Gasteiger partial charge in [-0.2, -0.15) is 13.2 Å². The van der Waals surface area contributed by atoms with Crippen LogP contribution < -0.4 is 4.90 Å². The van der Waals surface area contributed by atoms with Crippen molar-refractivity contribution in [2.24, 2.45) is 0 Å². The Labute approximate surface area is 112 Å². The van der Waals surface area contributed by atoms with E-state index in [0.717, 1.165) is 44.0 Å². The molecule has 0 amide bonds. The highest BCUT2D eigenvalue weighted by molar-refractivity contribution is 14.1. The van der Waals surface area contributed by atoms with E-state index in [2.05, 4.69) is 30.9 Å². The van der Waals surface area contributed by atoms with Crippen LogP contribution in [0.15, 0.2) is 24.3 Å². The molecule has 0 radical (unpaired) electrons. The molecule has 1 aromatic carbocycles. The van der Waals surface area contributed by atoms with Gasteiger partial charge in [0.1, 0.15) is 0 Å². The fraction of sp³-hybridized carbons (Fsp3) is 0.455. The predicted molar refractivity (Wildman–Crippen MR) is 69.3 cm³/mol. The third kappa shape index (κ3) is 3.25. The van der Waals surface area contributed by atoms with Gasteiger partial charge in [-0.25, -0.2) is 3.11 Å². The Hall–Kier alpha value is -0.500. The van der Waals surface area contributed by atoms with Crippen molar-refractivity contribution in [1.29, 1.82) is 0 Å². The van der Waals surface area contributed by atoms with Gasteiger partial charge in [-0.15, -0.1) is 0 Å². The minimum Gasteiger partial charge on any atom is -0.369 e. The second-order valence-electron chi connectivity index (χ2n) is 3.94. The molecule has 94 valence electrons. The molecule has 2 nitrogen and oxygen atoms in total. The maximum atomic E-state index is 12.4. The summed E-state index contributed by atoms with van der Waals surface area (Å²) in [7, 11) is 0. The van der Waals surface area contributed by atoms with Crippen LogP contribution in [0.25, 0.3) is 0 Å². The number of hydrogen-bond acceptors (Lipinski definition) is 2. The zero-order chi connectivity index (χ0) is 12.5. The first-order valence-electron chi connectivity index (χ1n) is 5.30. The minimum atomic E-state index is -4.25. The normalized spacial score (nSPS) is 18.5. The number of rotatable bonds is 1. The molecule has 0 aliphatic carbocycles. The largest absolute Gasteiger partial charge is 0.416 e. The first-order chi connectivity index (χ1) is 7.97. The summed E-state index contributed by atoms with van der Waals surface area (Å²) < 4.78 is 39.4. The Kier molecular flexibility index (Phi) is 3.82. The summed E-state index contributed by atoms with van der Waals surface area (Å²) in [4.78, 5) is 2.11. The highest BCUT2D eigenvalue weighted by Gasteiger charge is 2.30. The third-order valence-corrected chi connectivity index (χ3v) is 3.75. The van der Waals surface area contributed by atoms with Crippen molar-refractivity contribution in [1.82, 2.24) is 3.11 Å². The Morgan fingerprint density at radius 2 is 1.47 bits per heavy atom. The van der Waals surface area contributed by atoms with Crippen molar-refractivity contribution in [3.63, 3.8) is 0 Å². The van der Waals surface area contributed by atoms with E-state index in [9.17, 15) is 13.2 Å². The zero-order valence-corrected chi connectivity index (χ0v) is 11.2. The molecule has 6 heteroatoms. The van der Waals surface area contributed by atoms with Gasteiger partial charge in [0.2, 0.25) is 0 Å². The molecule has 1 fully saturated rings. The first-order valence-corrected chi connectivity index (χ1v) is 6.26. The number of benzene rings is 1. The summed E-state index contributed by atoms with van der Waals surface area (Å²) in [6.07, 6.45) is -4.25. The lowest BCUT2D eigenvalue weighted by Gasteiger charge is -2.33. The van der Waals surface area contributed by atoms with E-state index in [1.54, 1.807) is 12.1 Å². The average Bonchev–Trinajstić information content (AvgIpc) is 2.29. The summed E-state index contributed by atoms with van der Waals surface area (Å²) in [5.41, 5.74) is 0.274. The molecule has 0 unspecified atom stereocenters. The van der Waals surface area contributed by atoms with Crippen molar-refractivity contribution in [3.8, 4) is 0 Å². The Morgan fingerprint density at radius 3 is 1.94 bits per heavy atom. The minimum absolute atomic E-state index is 0.589. The lowest BCUT2D eigenvalue weighted by molar-refractivity contribution is -0.137. The van der Waals surface area contributed by atoms with Crippen LogP contribution >= 0.6 is 22.9 Å². The highest BCUT2D eigenvalue weighted by Crippen LogP contribution is 2.30. The number of alkyl halides is 3. The molecule has 0 atom stereocenters. The molecular formula is C11H12F3IN2. The number of halogens is 4. The quantitative estimate of drug-likeness (QED) is 0.564. The van der Waals surface area contributed by atoms with E-state index in [1.807, 2.05) is 0 Å². The summed E-state index contributed by atoms with van der Waals surface area (Å²) in [5, 5.41) is 0. The van der Waals surface area contributed by atoms with Gasteiger partial charge in [0.15, 0.2) is 0 Å². The Bertz CT molecular complexity index is 369. The van der Waals surface area contributed by atoms with E-state index < -0.39 is 11.7 Å². The molecule has 0 aromatic heterocycles. The van der Waals surface area contributed by atoms with Gasteiger partial charge in [0, 0.05) is 54.7 Å². The number of piperazine rings is 1. The maximum absolute atomic E-state index is 12.4. The molecule has 2 rings (SSSR count). The van der Waals surface area contributed by atoms with Crippen LogP contribution in [0.5, 0.6) is 0 Å². The van der Waals surface area contributed by atoms with Crippen molar-refractivity contribution in [3.05, 3.63) is 29.8 Å². The summed E-state index contributed by atoms with van der Waals surface area (Å²) >= 11 is 2.26. The number of nitrogens with zero attached hydrogens (tertiary/aromatic N) is 2.